The smallest absolute Gasteiger partial charge is 0.211 e. The number of sulfonamides is 1. The van der Waals surface area contributed by atoms with E-state index >= 15 is 0 Å². The zero-order valence-electron chi connectivity index (χ0n) is 8.11. The van der Waals surface area contributed by atoms with Gasteiger partial charge in [-0.05, 0) is 6.92 Å². The number of Topliss-reactive ketones (excluding diaryl/α,β-unsaturated/α-hetero) is 1. The first-order valence-corrected chi connectivity index (χ1v) is 5.67. The minimum Gasteiger partial charge on any atom is -0.372 e. The number of nitrogens with zero attached hydrogens (tertiary/aromatic N) is 1. The predicted molar refractivity (Wildman–Crippen MR) is 49.0 cm³/mol. The molecule has 0 aromatic rings. The van der Waals surface area contributed by atoms with E-state index in [0.717, 1.165) is 6.26 Å². The number of hydrogen-bond acceptors (Lipinski definition) is 4. The minimum absolute atomic E-state index is 0.0393. The summed E-state index contributed by atoms with van der Waals surface area (Å²) >= 11 is 0. The summed E-state index contributed by atoms with van der Waals surface area (Å²) < 4.78 is 27.8. The van der Waals surface area contributed by atoms with Gasteiger partial charge in [0.25, 0.3) is 0 Å². The zero-order valence-corrected chi connectivity index (χ0v) is 8.93. The van der Waals surface area contributed by atoms with E-state index in [1.807, 2.05) is 0 Å². The van der Waals surface area contributed by atoms with Gasteiger partial charge in [0.05, 0.1) is 12.9 Å². The second-order valence-electron chi connectivity index (χ2n) is 2.84. The van der Waals surface area contributed by atoms with Crippen LogP contribution in [0.1, 0.15) is 6.92 Å². The Balaban J connectivity index is 3.61. The number of hydrogen-bond donors (Lipinski definition) is 0. The van der Waals surface area contributed by atoms with Crippen LogP contribution in [0.2, 0.25) is 0 Å². The fraction of sp³-hybridized carbons (Fsp3) is 0.857. The Morgan fingerprint density at radius 1 is 1.46 bits per heavy atom. The molecule has 0 bridgehead atoms. The molecule has 0 aliphatic heterocycles. The number of carbonyl (C=O) groups excluding carboxylic acids is 1. The van der Waals surface area contributed by atoms with Crippen molar-refractivity contribution in [3.8, 4) is 0 Å². The summed E-state index contributed by atoms with van der Waals surface area (Å²) in [7, 11) is -1.67. The van der Waals surface area contributed by atoms with E-state index in [1.54, 1.807) is 0 Å². The average Bonchev–Trinajstić information content (AvgIpc) is 1.95. The molecule has 78 valence electrons. The third-order valence-electron chi connectivity index (χ3n) is 1.42. The summed E-state index contributed by atoms with van der Waals surface area (Å²) in [6, 6.07) is 0. The first-order chi connectivity index (χ1) is 5.84. The molecule has 5 nitrogen and oxygen atoms in total. The van der Waals surface area contributed by atoms with Crippen molar-refractivity contribution in [1.29, 1.82) is 0 Å². The maximum atomic E-state index is 10.9. The molecular weight excluding hydrogens is 194 g/mol. The van der Waals surface area contributed by atoms with Crippen LogP contribution < -0.4 is 0 Å². The number of likely N-dealkylation sites (N-methyl/N-ethyl adjacent to an activating group) is 1. The Kier molecular flexibility index (Phi) is 5.12. The maximum Gasteiger partial charge on any atom is 0.211 e. The lowest BCUT2D eigenvalue weighted by molar-refractivity contribution is -0.121. The van der Waals surface area contributed by atoms with Gasteiger partial charge in [-0.15, -0.1) is 0 Å². The Bertz CT molecular complexity index is 260. The number of carbonyl (C=O) groups is 1. The van der Waals surface area contributed by atoms with Crippen molar-refractivity contribution < 1.29 is 17.9 Å². The second-order valence-corrected chi connectivity index (χ2v) is 4.93. The average molecular weight is 209 g/mol. The predicted octanol–water partition coefficient (Wildman–Crippen LogP) is -0.517. The molecule has 0 amide bonds. The van der Waals surface area contributed by atoms with Gasteiger partial charge in [0.15, 0.2) is 5.78 Å². The third kappa shape index (κ3) is 6.68. The highest BCUT2D eigenvalue weighted by Gasteiger charge is 2.09. The molecule has 0 N–H and O–H groups in total. The maximum absolute atomic E-state index is 10.9. The quantitative estimate of drug-likeness (QED) is 0.552. The molecule has 0 heterocycles. The summed E-state index contributed by atoms with van der Waals surface area (Å²) in [5.41, 5.74) is 0. The molecule has 0 saturated carbocycles. The topological polar surface area (TPSA) is 63.7 Å². The summed E-state index contributed by atoms with van der Waals surface area (Å²) in [4.78, 5) is 10.4. The van der Waals surface area contributed by atoms with Crippen molar-refractivity contribution in [2.45, 2.75) is 6.92 Å². The lowest BCUT2D eigenvalue weighted by Crippen LogP contribution is -2.29. The molecule has 0 rings (SSSR count). The van der Waals surface area contributed by atoms with Gasteiger partial charge in [-0.1, -0.05) is 0 Å². The van der Waals surface area contributed by atoms with Crippen molar-refractivity contribution in [3.63, 3.8) is 0 Å². The van der Waals surface area contributed by atoms with E-state index in [2.05, 4.69) is 0 Å². The van der Waals surface area contributed by atoms with Crippen molar-refractivity contribution in [1.82, 2.24) is 4.31 Å². The van der Waals surface area contributed by atoms with Crippen molar-refractivity contribution in [2.75, 3.05) is 33.1 Å². The van der Waals surface area contributed by atoms with Gasteiger partial charge >= 0.3 is 0 Å². The van der Waals surface area contributed by atoms with E-state index in [4.69, 9.17) is 4.74 Å². The Morgan fingerprint density at radius 3 is 2.38 bits per heavy atom. The first kappa shape index (κ1) is 12.5. The normalized spacial score (nSPS) is 12.0. The molecule has 0 fully saturated rings. The van der Waals surface area contributed by atoms with E-state index < -0.39 is 10.0 Å². The van der Waals surface area contributed by atoms with E-state index in [0.29, 0.717) is 0 Å². The third-order valence-corrected chi connectivity index (χ3v) is 2.74. The van der Waals surface area contributed by atoms with Gasteiger partial charge in [-0.2, -0.15) is 0 Å². The molecule has 0 saturated heterocycles. The molecule has 0 atom stereocenters. The van der Waals surface area contributed by atoms with Gasteiger partial charge in [-0.3, -0.25) is 4.79 Å². The van der Waals surface area contributed by atoms with Gasteiger partial charge in [-0.25, -0.2) is 12.7 Å². The highest BCUT2D eigenvalue weighted by Crippen LogP contribution is 1.91. The van der Waals surface area contributed by atoms with E-state index in [1.165, 1.54) is 18.3 Å². The van der Waals surface area contributed by atoms with Crippen molar-refractivity contribution >= 4 is 15.8 Å². The number of rotatable bonds is 6. The minimum atomic E-state index is -3.14. The van der Waals surface area contributed by atoms with Crippen LogP contribution in [-0.4, -0.2) is 51.6 Å². The summed E-state index contributed by atoms with van der Waals surface area (Å²) in [5.74, 6) is -0.0676. The van der Waals surface area contributed by atoms with Gasteiger partial charge in [0.2, 0.25) is 10.0 Å². The van der Waals surface area contributed by atoms with Gasteiger partial charge in [0, 0.05) is 13.6 Å². The van der Waals surface area contributed by atoms with Crippen LogP contribution in [0, 0.1) is 0 Å². The van der Waals surface area contributed by atoms with Gasteiger partial charge in [0.1, 0.15) is 6.61 Å². The molecule has 0 aliphatic carbocycles. The molecule has 0 radical (unpaired) electrons. The lowest BCUT2D eigenvalue weighted by Gasteiger charge is -2.13. The SMILES string of the molecule is CC(=O)COCCN(C)S(C)(=O)=O. The molecule has 6 heteroatoms. The van der Waals surface area contributed by atoms with E-state index in [9.17, 15) is 13.2 Å². The molecule has 0 aromatic carbocycles. The summed E-state index contributed by atoms with van der Waals surface area (Å²) in [5, 5.41) is 0. The number of ether oxygens (including phenoxy) is 1. The molecule has 0 aliphatic rings. The lowest BCUT2D eigenvalue weighted by atomic mass is 10.5. The molecule has 13 heavy (non-hydrogen) atoms. The largest absolute Gasteiger partial charge is 0.372 e. The van der Waals surface area contributed by atoms with Crippen molar-refractivity contribution in [3.05, 3.63) is 0 Å². The van der Waals surface area contributed by atoms with Crippen LogP contribution >= 0.6 is 0 Å². The highest BCUT2D eigenvalue weighted by molar-refractivity contribution is 7.88. The standard InChI is InChI=1S/C7H15NO4S/c1-7(9)6-12-5-4-8(2)13(3,10)11/h4-6H2,1-3H3. The van der Waals surface area contributed by atoms with Crippen LogP contribution in [0.4, 0.5) is 0 Å². The zero-order chi connectivity index (χ0) is 10.5. The van der Waals surface area contributed by atoms with Crippen LogP contribution in [0.15, 0.2) is 0 Å². The first-order valence-electron chi connectivity index (χ1n) is 3.82. The Labute approximate surface area is 78.7 Å². The van der Waals surface area contributed by atoms with Crippen molar-refractivity contribution in [2.24, 2.45) is 0 Å². The molecule has 0 unspecified atom stereocenters. The molecule has 0 aromatic heterocycles. The van der Waals surface area contributed by atoms with Crippen LogP contribution in [-0.2, 0) is 19.6 Å². The van der Waals surface area contributed by atoms with Crippen LogP contribution in [0.25, 0.3) is 0 Å². The van der Waals surface area contributed by atoms with Gasteiger partial charge < -0.3 is 4.74 Å². The van der Waals surface area contributed by atoms with E-state index in [-0.39, 0.29) is 25.5 Å². The fourth-order valence-corrected chi connectivity index (χ4v) is 0.981. The monoisotopic (exact) mass is 209 g/mol. The van der Waals surface area contributed by atoms with Crippen LogP contribution in [0.3, 0.4) is 0 Å². The number of ketones is 1. The fourth-order valence-electron chi connectivity index (χ4n) is 0.575. The highest BCUT2D eigenvalue weighted by atomic mass is 32.2. The Hall–Kier alpha value is -0.460. The summed E-state index contributed by atoms with van der Waals surface area (Å²) in [6.45, 7) is 1.97. The molecular formula is C7H15NO4S. The Morgan fingerprint density at radius 2 is 2.00 bits per heavy atom. The molecule has 0 spiro atoms. The second kappa shape index (κ2) is 5.31. The van der Waals surface area contributed by atoms with Crippen LogP contribution in [0.5, 0.6) is 0 Å². The summed E-state index contributed by atoms with van der Waals surface area (Å²) in [6.07, 6.45) is 1.12.